The SMILES string of the molecule is CC.CC(=O)NCc1cccc(C)c1. The van der Waals surface area contributed by atoms with E-state index < -0.39 is 0 Å². The molecule has 0 saturated heterocycles. The number of benzene rings is 1. The van der Waals surface area contributed by atoms with Gasteiger partial charge in [-0.3, -0.25) is 4.79 Å². The Morgan fingerprint density at radius 1 is 1.36 bits per heavy atom. The van der Waals surface area contributed by atoms with Crippen LogP contribution < -0.4 is 5.32 Å². The Hall–Kier alpha value is -1.31. The summed E-state index contributed by atoms with van der Waals surface area (Å²) in [5.74, 6) is 0.0107. The van der Waals surface area contributed by atoms with Gasteiger partial charge in [-0.05, 0) is 12.5 Å². The van der Waals surface area contributed by atoms with Gasteiger partial charge in [0.25, 0.3) is 0 Å². The normalized spacial score (nSPS) is 8.57. The summed E-state index contributed by atoms with van der Waals surface area (Å²) < 4.78 is 0. The van der Waals surface area contributed by atoms with Crippen LogP contribution in [-0.4, -0.2) is 5.91 Å². The average molecular weight is 193 g/mol. The van der Waals surface area contributed by atoms with Gasteiger partial charge in [-0.25, -0.2) is 0 Å². The zero-order valence-corrected chi connectivity index (χ0v) is 9.42. The lowest BCUT2D eigenvalue weighted by Crippen LogP contribution is -2.18. The van der Waals surface area contributed by atoms with Crippen molar-refractivity contribution in [2.45, 2.75) is 34.2 Å². The number of rotatable bonds is 2. The van der Waals surface area contributed by atoms with E-state index in [1.807, 2.05) is 39.0 Å². The zero-order chi connectivity index (χ0) is 11.0. The predicted octanol–water partition coefficient (Wildman–Crippen LogP) is 2.66. The van der Waals surface area contributed by atoms with E-state index in [1.54, 1.807) is 0 Å². The molecule has 0 aliphatic rings. The van der Waals surface area contributed by atoms with Gasteiger partial charge in [-0.1, -0.05) is 43.7 Å². The molecule has 0 unspecified atom stereocenters. The molecule has 0 aromatic heterocycles. The molecule has 0 atom stereocenters. The minimum atomic E-state index is 0.0107. The molecule has 1 aromatic rings. The zero-order valence-electron chi connectivity index (χ0n) is 9.42. The molecule has 1 amide bonds. The molecule has 14 heavy (non-hydrogen) atoms. The topological polar surface area (TPSA) is 29.1 Å². The number of carbonyl (C=O) groups is 1. The highest BCUT2D eigenvalue weighted by molar-refractivity contribution is 5.72. The van der Waals surface area contributed by atoms with Crippen LogP contribution in [-0.2, 0) is 11.3 Å². The molecule has 2 heteroatoms. The summed E-state index contributed by atoms with van der Waals surface area (Å²) in [5.41, 5.74) is 2.36. The quantitative estimate of drug-likeness (QED) is 0.768. The van der Waals surface area contributed by atoms with E-state index in [0.717, 1.165) is 5.56 Å². The molecule has 1 aromatic carbocycles. The van der Waals surface area contributed by atoms with Gasteiger partial charge in [-0.2, -0.15) is 0 Å². The minimum absolute atomic E-state index is 0.0107. The molecule has 0 bridgehead atoms. The average Bonchev–Trinajstić information content (AvgIpc) is 2.18. The van der Waals surface area contributed by atoms with Crippen LogP contribution in [0.25, 0.3) is 0 Å². The largest absolute Gasteiger partial charge is 0.352 e. The monoisotopic (exact) mass is 193 g/mol. The van der Waals surface area contributed by atoms with Crippen molar-refractivity contribution in [3.63, 3.8) is 0 Å². The van der Waals surface area contributed by atoms with Crippen molar-refractivity contribution >= 4 is 5.91 Å². The van der Waals surface area contributed by atoms with Gasteiger partial charge in [0.05, 0.1) is 0 Å². The smallest absolute Gasteiger partial charge is 0.217 e. The second-order valence-corrected chi connectivity index (χ2v) is 2.90. The van der Waals surface area contributed by atoms with Crippen LogP contribution in [0.1, 0.15) is 31.9 Å². The number of nitrogens with one attached hydrogen (secondary N) is 1. The summed E-state index contributed by atoms with van der Waals surface area (Å²) in [6.07, 6.45) is 0. The van der Waals surface area contributed by atoms with Gasteiger partial charge in [0.15, 0.2) is 0 Å². The second-order valence-electron chi connectivity index (χ2n) is 2.90. The molecule has 1 rings (SSSR count). The number of amides is 1. The highest BCUT2D eigenvalue weighted by Gasteiger charge is 1.93. The van der Waals surface area contributed by atoms with Gasteiger partial charge in [0, 0.05) is 13.5 Å². The Bertz CT molecular complexity index is 281. The fraction of sp³-hybridized carbons (Fsp3) is 0.417. The number of carbonyl (C=O) groups excluding carboxylic acids is 1. The first-order valence-electron chi connectivity index (χ1n) is 4.98. The lowest BCUT2D eigenvalue weighted by molar-refractivity contribution is -0.119. The summed E-state index contributed by atoms with van der Waals surface area (Å²) in [6.45, 7) is 8.18. The minimum Gasteiger partial charge on any atom is -0.352 e. The van der Waals surface area contributed by atoms with Gasteiger partial charge in [0.1, 0.15) is 0 Å². The third kappa shape index (κ3) is 5.36. The van der Waals surface area contributed by atoms with Crippen LogP contribution in [0.3, 0.4) is 0 Å². The van der Waals surface area contributed by atoms with Crippen LogP contribution >= 0.6 is 0 Å². The molecule has 1 N–H and O–H groups in total. The Balaban J connectivity index is 0.000000791. The van der Waals surface area contributed by atoms with E-state index in [-0.39, 0.29) is 5.91 Å². The van der Waals surface area contributed by atoms with Gasteiger partial charge in [-0.15, -0.1) is 0 Å². The Labute approximate surface area is 86.3 Å². The van der Waals surface area contributed by atoms with E-state index in [4.69, 9.17) is 0 Å². The Kier molecular flexibility index (Phi) is 6.46. The van der Waals surface area contributed by atoms with E-state index >= 15 is 0 Å². The van der Waals surface area contributed by atoms with Crippen molar-refractivity contribution < 1.29 is 4.79 Å². The highest BCUT2D eigenvalue weighted by atomic mass is 16.1. The maximum Gasteiger partial charge on any atom is 0.217 e. The van der Waals surface area contributed by atoms with E-state index in [9.17, 15) is 4.79 Å². The van der Waals surface area contributed by atoms with Crippen LogP contribution in [0.2, 0.25) is 0 Å². The fourth-order valence-electron chi connectivity index (χ4n) is 1.05. The molecular formula is C12H19NO. The van der Waals surface area contributed by atoms with Gasteiger partial charge < -0.3 is 5.32 Å². The maximum absolute atomic E-state index is 10.6. The van der Waals surface area contributed by atoms with Crippen molar-refractivity contribution in [1.82, 2.24) is 5.32 Å². The van der Waals surface area contributed by atoms with E-state index in [1.165, 1.54) is 12.5 Å². The summed E-state index contributed by atoms with van der Waals surface area (Å²) in [7, 11) is 0. The molecule has 0 radical (unpaired) electrons. The molecule has 0 aliphatic carbocycles. The summed E-state index contributed by atoms with van der Waals surface area (Å²) in [6, 6.07) is 8.10. The van der Waals surface area contributed by atoms with Crippen molar-refractivity contribution in [2.24, 2.45) is 0 Å². The van der Waals surface area contributed by atoms with Crippen molar-refractivity contribution in [1.29, 1.82) is 0 Å². The van der Waals surface area contributed by atoms with Crippen LogP contribution in [0.4, 0.5) is 0 Å². The standard InChI is InChI=1S/C10H13NO.C2H6/c1-8-4-3-5-10(6-8)7-11-9(2)12;1-2/h3-6H,7H2,1-2H3,(H,11,12);1-2H3. The summed E-state index contributed by atoms with van der Waals surface area (Å²) >= 11 is 0. The molecule has 2 nitrogen and oxygen atoms in total. The number of hydrogen-bond acceptors (Lipinski definition) is 1. The van der Waals surface area contributed by atoms with Crippen LogP contribution in [0.15, 0.2) is 24.3 Å². The van der Waals surface area contributed by atoms with Crippen LogP contribution in [0.5, 0.6) is 0 Å². The fourth-order valence-corrected chi connectivity index (χ4v) is 1.05. The maximum atomic E-state index is 10.6. The van der Waals surface area contributed by atoms with E-state index in [2.05, 4.69) is 11.4 Å². The lowest BCUT2D eigenvalue weighted by Gasteiger charge is -2.02. The van der Waals surface area contributed by atoms with E-state index in [0.29, 0.717) is 6.54 Å². The predicted molar refractivity (Wildman–Crippen MR) is 60.0 cm³/mol. The third-order valence-electron chi connectivity index (χ3n) is 1.62. The molecule has 0 heterocycles. The Morgan fingerprint density at radius 3 is 2.50 bits per heavy atom. The molecule has 0 aliphatic heterocycles. The molecule has 0 fully saturated rings. The number of hydrogen-bond donors (Lipinski definition) is 1. The third-order valence-corrected chi connectivity index (χ3v) is 1.62. The lowest BCUT2D eigenvalue weighted by atomic mass is 10.1. The molecule has 0 saturated carbocycles. The van der Waals surface area contributed by atoms with Crippen LogP contribution in [0, 0.1) is 6.92 Å². The summed E-state index contributed by atoms with van der Waals surface area (Å²) in [5, 5.41) is 2.75. The highest BCUT2D eigenvalue weighted by Crippen LogP contribution is 2.02. The summed E-state index contributed by atoms with van der Waals surface area (Å²) in [4.78, 5) is 10.6. The Morgan fingerprint density at radius 2 is 2.00 bits per heavy atom. The van der Waals surface area contributed by atoms with Gasteiger partial charge >= 0.3 is 0 Å². The van der Waals surface area contributed by atoms with Gasteiger partial charge in [0.2, 0.25) is 5.91 Å². The molecule has 0 spiro atoms. The van der Waals surface area contributed by atoms with Crippen molar-refractivity contribution in [2.75, 3.05) is 0 Å². The molecular weight excluding hydrogens is 174 g/mol. The van der Waals surface area contributed by atoms with Crippen molar-refractivity contribution in [3.8, 4) is 0 Å². The van der Waals surface area contributed by atoms with Crippen molar-refractivity contribution in [3.05, 3.63) is 35.4 Å². The molecule has 78 valence electrons. The number of aryl methyl sites for hydroxylation is 1. The second kappa shape index (κ2) is 7.13. The first-order chi connectivity index (χ1) is 6.68. The first kappa shape index (κ1) is 12.7. The first-order valence-corrected chi connectivity index (χ1v) is 4.98.